The zero-order valence-electron chi connectivity index (χ0n) is 10.2. The molecule has 0 saturated heterocycles. The predicted molar refractivity (Wildman–Crippen MR) is 64.3 cm³/mol. The molecule has 6 heteroatoms. The predicted octanol–water partition coefficient (Wildman–Crippen LogP) is 1.94. The lowest BCUT2D eigenvalue weighted by atomic mass is 10.3. The molecular weight excluding hydrogens is 259 g/mol. The third kappa shape index (κ3) is 3.53. The Labute approximate surface area is 106 Å². The lowest BCUT2D eigenvalue weighted by Gasteiger charge is -2.12. The van der Waals surface area contributed by atoms with Crippen LogP contribution in [-0.4, -0.2) is 26.2 Å². The van der Waals surface area contributed by atoms with E-state index in [0.29, 0.717) is 0 Å². The molecule has 0 aromatic heterocycles. The van der Waals surface area contributed by atoms with Crippen molar-refractivity contribution in [3.8, 4) is 0 Å². The largest absolute Gasteiger partial charge is 0.466 e. The zero-order valence-corrected chi connectivity index (χ0v) is 11.0. The first kappa shape index (κ1) is 14.6. The van der Waals surface area contributed by atoms with Crippen molar-refractivity contribution in [1.29, 1.82) is 0 Å². The second kappa shape index (κ2) is 5.95. The molecule has 100 valence electrons. The summed E-state index contributed by atoms with van der Waals surface area (Å²) in [6.07, 6.45) is -0.215. The van der Waals surface area contributed by atoms with E-state index in [9.17, 15) is 17.6 Å². The van der Waals surface area contributed by atoms with Crippen molar-refractivity contribution in [2.45, 2.75) is 30.4 Å². The van der Waals surface area contributed by atoms with Crippen LogP contribution in [0.25, 0.3) is 0 Å². The minimum Gasteiger partial charge on any atom is -0.466 e. The number of hydrogen-bond acceptors (Lipinski definition) is 4. The van der Waals surface area contributed by atoms with Gasteiger partial charge in [-0.2, -0.15) is 0 Å². The van der Waals surface area contributed by atoms with Gasteiger partial charge in [0, 0.05) is 0 Å². The van der Waals surface area contributed by atoms with E-state index in [0.717, 1.165) is 12.1 Å². The van der Waals surface area contributed by atoms with Gasteiger partial charge in [0.25, 0.3) is 0 Å². The summed E-state index contributed by atoms with van der Waals surface area (Å²) in [5.74, 6) is -1.07. The van der Waals surface area contributed by atoms with Gasteiger partial charge in [-0.15, -0.1) is 0 Å². The molecule has 0 N–H and O–H groups in total. The maximum atomic E-state index is 12.7. The highest BCUT2D eigenvalue weighted by molar-refractivity contribution is 7.92. The Morgan fingerprint density at radius 3 is 2.39 bits per heavy atom. The summed E-state index contributed by atoms with van der Waals surface area (Å²) in [5.41, 5.74) is 0. The molecule has 1 aromatic rings. The number of rotatable bonds is 5. The van der Waals surface area contributed by atoms with Gasteiger partial charge in [0.15, 0.2) is 9.84 Å². The second-order valence-corrected chi connectivity index (χ2v) is 6.18. The van der Waals surface area contributed by atoms with Crippen molar-refractivity contribution in [2.75, 3.05) is 6.61 Å². The van der Waals surface area contributed by atoms with E-state index in [1.165, 1.54) is 19.1 Å². The normalized spacial score (nSPS) is 13.1. The highest BCUT2D eigenvalue weighted by atomic mass is 32.2. The highest BCUT2D eigenvalue weighted by Gasteiger charge is 2.26. The first-order chi connectivity index (χ1) is 8.37. The fourth-order valence-electron chi connectivity index (χ4n) is 1.42. The van der Waals surface area contributed by atoms with Crippen LogP contribution in [0, 0.1) is 5.82 Å². The van der Waals surface area contributed by atoms with E-state index in [1.807, 2.05) is 0 Å². The molecule has 1 unspecified atom stereocenters. The van der Waals surface area contributed by atoms with Crippen LogP contribution < -0.4 is 0 Å². The first-order valence-corrected chi connectivity index (χ1v) is 7.07. The Hall–Kier alpha value is -1.43. The van der Waals surface area contributed by atoms with Gasteiger partial charge >= 0.3 is 5.97 Å². The summed E-state index contributed by atoms with van der Waals surface area (Å²) < 4.78 is 41.5. The van der Waals surface area contributed by atoms with Gasteiger partial charge in [-0.3, -0.25) is 4.79 Å². The van der Waals surface area contributed by atoms with E-state index >= 15 is 0 Å². The van der Waals surface area contributed by atoms with Crippen LogP contribution in [0.4, 0.5) is 4.39 Å². The average molecular weight is 274 g/mol. The van der Waals surface area contributed by atoms with Crippen molar-refractivity contribution >= 4 is 15.8 Å². The van der Waals surface area contributed by atoms with Gasteiger partial charge in [-0.1, -0.05) is 0 Å². The molecule has 1 atom stereocenters. The Morgan fingerprint density at radius 2 is 1.89 bits per heavy atom. The van der Waals surface area contributed by atoms with Gasteiger partial charge in [-0.25, -0.2) is 12.8 Å². The molecule has 0 amide bonds. The van der Waals surface area contributed by atoms with Gasteiger partial charge in [0.05, 0.1) is 23.2 Å². The van der Waals surface area contributed by atoms with Crippen molar-refractivity contribution in [2.24, 2.45) is 0 Å². The van der Waals surface area contributed by atoms with Crippen LogP contribution in [0.3, 0.4) is 0 Å². The number of benzene rings is 1. The molecule has 1 aromatic carbocycles. The van der Waals surface area contributed by atoms with Crippen LogP contribution in [0.15, 0.2) is 29.2 Å². The number of halogens is 1. The van der Waals surface area contributed by atoms with Gasteiger partial charge in [0.2, 0.25) is 0 Å². The first-order valence-electron chi connectivity index (χ1n) is 5.53. The lowest BCUT2D eigenvalue weighted by Crippen LogP contribution is -2.22. The number of esters is 1. The van der Waals surface area contributed by atoms with Gasteiger partial charge in [0.1, 0.15) is 5.82 Å². The standard InChI is InChI=1S/C12H15FO4S/c1-3-17-12(14)8-9(2)18(15,16)11-6-4-10(13)5-7-11/h4-7,9H,3,8H2,1-2H3. The number of carbonyl (C=O) groups is 1. The molecular formula is C12H15FO4S. The minimum absolute atomic E-state index is 0.000647. The molecule has 0 aliphatic rings. The molecule has 0 aliphatic carbocycles. The SMILES string of the molecule is CCOC(=O)CC(C)S(=O)(=O)c1ccc(F)cc1. The van der Waals surface area contributed by atoms with Crippen molar-refractivity contribution < 1.29 is 22.3 Å². The summed E-state index contributed by atoms with van der Waals surface area (Å²) in [6, 6.07) is 4.52. The van der Waals surface area contributed by atoms with E-state index in [2.05, 4.69) is 0 Å². The Morgan fingerprint density at radius 1 is 1.33 bits per heavy atom. The maximum absolute atomic E-state index is 12.7. The third-order valence-electron chi connectivity index (χ3n) is 2.43. The Bertz CT molecular complexity index is 507. The molecule has 0 spiro atoms. The average Bonchev–Trinajstić information content (AvgIpc) is 2.29. The maximum Gasteiger partial charge on any atom is 0.307 e. The number of hydrogen-bond donors (Lipinski definition) is 0. The zero-order chi connectivity index (χ0) is 13.8. The molecule has 1 rings (SSSR count). The molecule has 0 saturated carbocycles. The van der Waals surface area contributed by atoms with Crippen LogP contribution in [0.1, 0.15) is 20.3 Å². The van der Waals surface area contributed by atoms with Crippen molar-refractivity contribution in [3.63, 3.8) is 0 Å². The third-order valence-corrected chi connectivity index (χ3v) is 4.59. The van der Waals surface area contributed by atoms with E-state index in [4.69, 9.17) is 4.74 Å². The van der Waals surface area contributed by atoms with Crippen LogP contribution in [-0.2, 0) is 19.4 Å². The quantitative estimate of drug-likeness (QED) is 0.608. The number of sulfone groups is 1. The summed E-state index contributed by atoms with van der Waals surface area (Å²) in [7, 11) is -3.64. The number of carbonyl (C=O) groups excluding carboxylic acids is 1. The summed E-state index contributed by atoms with van der Waals surface area (Å²) in [4.78, 5) is 11.2. The van der Waals surface area contributed by atoms with E-state index < -0.39 is 26.9 Å². The minimum atomic E-state index is -3.64. The van der Waals surface area contributed by atoms with Gasteiger partial charge in [-0.05, 0) is 38.1 Å². The molecule has 0 aliphatic heterocycles. The van der Waals surface area contributed by atoms with E-state index in [-0.39, 0.29) is 17.9 Å². The lowest BCUT2D eigenvalue weighted by molar-refractivity contribution is -0.143. The highest BCUT2D eigenvalue weighted by Crippen LogP contribution is 2.18. The van der Waals surface area contributed by atoms with Crippen LogP contribution in [0.5, 0.6) is 0 Å². The van der Waals surface area contributed by atoms with Gasteiger partial charge < -0.3 is 4.74 Å². The monoisotopic (exact) mass is 274 g/mol. The molecule has 0 heterocycles. The van der Waals surface area contributed by atoms with Crippen molar-refractivity contribution in [3.05, 3.63) is 30.1 Å². The summed E-state index contributed by atoms with van der Waals surface area (Å²) >= 11 is 0. The smallest absolute Gasteiger partial charge is 0.307 e. The van der Waals surface area contributed by atoms with Crippen molar-refractivity contribution in [1.82, 2.24) is 0 Å². The number of ether oxygens (including phenoxy) is 1. The summed E-state index contributed by atoms with van der Waals surface area (Å²) in [5, 5.41) is -0.901. The topological polar surface area (TPSA) is 60.4 Å². The molecule has 0 bridgehead atoms. The fraction of sp³-hybridized carbons (Fsp3) is 0.417. The Balaban J connectivity index is 2.86. The second-order valence-electron chi connectivity index (χ2n) is 3.82. The van der Waals surface area contributed by atoms with Crippen LogP contribution in [0.2, 0.25) is 0 Å². The Kier molecular flexibility index (Phi) is 4.84. The molecule has 18 heavy (non-hydrogen) atoms. The molecule has 4 nitrogen and oxygen atoms in total. The van der Waals surface area contributed by atoms with Crippen LogP contribution >= 0.6 is 0 Å². The molecule has 0 fully saturated rings. The summed E-state index contributed by atoms with van der Waals surface area (Å²) in [6.45, 7) is 3.29. The van der Waals surface area contributed by atoms with E-state index in [1.54, 1.807) is 6.92 Å². The molecule has 0 radical (unpaired) electrons. The fourth-order valence-corrected chi connectivity index (χ4v) is 2.76.